The van der Waals surface area contributed by atoms with Crippen molar-refractivity contribution in [3.8, 4) is 0 Å². The van der Waals surface area contributed by atoms with Crippen LogP contribution in [0.25, 0.3) is 0 Å². The van der Waals surface area contributed by atoms with Crippen LogP contribution >= 0.6 is 11.6 Å². The molecule has 13 heavy (non-hydrogen) atoms. The lowest BCUT2D eigenvalue weighted by atomic mass is 10.1. The minimum Gasteiger partial charge on any atom is -0.478 e. The number of anilines is 1. The summed E-state index contributed by atoms with van der Waals surface area (Å²) in [6, 6.07) is 1.24. The number of hydrogen-bond donors (Lipinski definition) is 2. The second-order valence-corrected chi connectivity index (χ2v) is 2.97. The number of hydrogen-bond acceptors (Lipinski definition) is 2. The molecule has 0 heterocycles. The third kappa shape index (κ3) is 1.58. The van der Waals surface area contributed by atoms with Crippen molar-refractivity contribution in [2.75, 3.05) is 5.73 Å². The van der Waals surface area contributed by atoms with Crippen molar-refractivity contribution >= 4 is 23.3 Å². The predicted octanol–water partition coefficient (Wildman–Crippen LogP) is 2.07. The Balaban J connectivity index is 3.50. The molecule has 1 rings (SSSR count). The molecule has 0 saturated heterocycles. The van der Waals surface area contributed by atoms with E-state index in [1.165, 1.54) is 13.0 Å². The summed E-state index contributed by atoms with van der Waals surface area (Å²) in [5.41, 5.74) is 4.87. The molecule has 0 spiro atoms. The van der Waals surface area contributed by atoms with Crippen molar-refractivity contribution in [3.05, 3.63) is 28.0 Å². The van der Waals surface area contributed by atoms with Crippen molar-refractivity contribution in [2.24, 2.45) is 0 Å². The highest BCUT2D eigenvalue weighted by Crippen LogP contribution is 2.27. The van der Waals surface area contributed by atoms with Gasteiger partial charge in [-0.1, -0.05) is 11.6 Å². The highest BCUT2D eigenvalue weighted by atomic mass is 35.5. The Morgan fingerprint density at radius 1 is 1.69 bits per heavy atom. The lowest BCUT2D eigenvalue weighted by molar-refractivity contribution is 0.0697. The van der Waals surface area contributed by atoms with Crippen LogP contribution in [0.3, 0.4) is 0 Å². The van der Waals surface area contributed by atoms with Crippen molar-refractivity contribution < 1.29 is 14.3 Å². The van der Waals surface area contributed by atoms with Crippen LogP contribution in [-0.4, -0.2) is 11.1 Å². The quantitative estimate of drug-likeness (QED) is 0.687. The molecule has 70 valence electrons. The predicted molar refractivity (Wildman–Crippen MR) is 47.5 cm³/mol. The zero-order chi connectivity index (χ0) is 10.2. The number of nitrogens with two attached hydrogens (primary N) is 1. The largest absolute Gasteiger partial charge is 0.478 e. The number of halogens is 2. The molecule has 0 saturated carbocycles. The van der Waals surface area contributed by atoms with Crippen LogP contribution in [0.1, 0.15) is 15.9 Å². The van der Waals surface area contributed by atoms with E-state index in [9.17, 15) is 9.18 Å². The van der Waals surface area contributed by atoms with Crippen LogP contribution in [0.2, 0.25) is 5.02 Å². The minimum atomic E-state index is -1.27. The highest BCUT2D eigenvalue weighted by Gasteiger charge is 2.16. The van der Waals surface area contributed by atoms with Gasteiger partial charge in [0.1, 0.15) is 0 Å². The Bertz CT molecular complexity index is 379. The monoisotopic (exact) mass is 203 g/mol. The fourth-order valence-electron chi connectivity index (χ4n) is 0.944. The number of carbonyl (C=O) groups is 1. The number of benzene rings is 1. The first-order valence-electron chi connectivity index (χ1n) is 3.42. The average molecular weight is 204 g/mol. The zero-order valence-electron chi connectivity index (χ0n) is 6.77. The normalized spacial score (nSPS) is 10.1. The van der Waals surface area contributed by atoms with Gasteiger partial charge in [-0.2, -0.15) is 0 Å². The zero-order valence-corrected chi connectivity index (χ0v) is 7.52. The minimum absolute atomic E-state index is 0.137. The molecule has 0 aromatic heterocycles. The van der Waals surface area contributed by atoms with Gasteiger partial charge in [-0.15, -0.1) is 0 Å². The summed E-state index contributed by atoms with van der Waals surface area (Å²) in [6.45, 7) is 1.51. The molecule has 3 N–H and O–H groups in total. The molecule has 1 aromatic rings. The van der Waals surface area contributed by atoms with E-state index in [1.54, 1.807) is 0 Å². The van der Waals surface area contributed by atoms with Gasteiger partial charge >= 0.3 is 5.97 Å². The third-order valence-corrected chi connectivity index (χ3v) is 2.12. The molecule has 0 fully saturated rings. The second kappa shape index (κ2) is 3.22. The lowest BCUT2D eigenvalue weighted by Crippen LogP contribution is -2.06. The summed E-state index contributed by atoms with van der Waals surface area (Å²) in [5, 5.41) is 8.48. The number of aryl methyl sites for hydroxylation is 1. The number of nitrogen functional groups attached to an aromatic ring is 1. The van der Waals surface area contributed by atoms with Crippen LogP contribution < -0.4 is 5.73 Å². The molecular formula is C8H7ClFNO2. The fraction of sp³-hybridized carbons (Fsp3) is 0.125. The molecule has 0 radical (unpaired) electrons. The Hall–Kier alpha value is -1.29. The number of carboxylic acids is 1. The summed E-state index contributed by atoms with van der Waals surface area (Å²) < 4.78 is 13.1. The highest BCUT2D eigenvalue weighted by molar-refractivity contribution is 6.32. The molecule has 0 amide bonds. The number of rotatable bonds is 1. The second-order valence-electron chi connectivity index (χ2n) is 2.59. The molecule has 5 heteroatoms. The van der Waals surface area contributed by atoms with Gasteiger partial charge in [-0.25, -0.2) is 9.18 Å². The van der Waals surface area contributed by atoms with Crippen LogP contribution in [0.15, 0.2) is 6.07 Å². The molecule has 0 bridgehead atoms. The summed E-state index contributed by atoms with van der Waals surface area (Å²) in [4.78, 5) is 10.5. The van der Waals surface area contributed by atoms with E-state index in [1.807, 2.05) is 0 Å². The van der Waals surface area contributed by atoms with E-state index in [-0.39, 0.29) is 10.6 Å². The first kappa shape index (κ1) is 9.80. The van der Waals surface area contributed by atoms with E-state index < -0.39 is 17.5 Å². The van der Waals surface area contributed by atoms with Gasteiger partial charge in [0.05, 0.1) is 16.3 Å². The van der Waals surface area contributed by atoms with Crippen molar-refractivity contribution in [2.45, 2.75) is 6.92 Å². The smallest absolute Gasteiger partial charge is 0.337 e. The molecule has 0 atom stereocenters. The first-order chi connectivity index (χ1) is 5.95. The molecular weight excluding hydrogens is 197 g/mol. The molecule has 1 aromatic carbocycles. The van der Waals surface area contributed by atoms with Crippen LogP contribution in [-0.2, 0) is 0 Å². The van der Waals surface area contributed by atoms with Gasteiger partial charge in [0, 0.05) is 0 Å². The Kier molecular flexibility index (Phi) is 2.43. The van der Waals surface area contributed by atoms with Gasteiger partial charge in [-0.05, 0) is 18.6 Å². The fourth-order valence-corrected chi connectivity index (χ4v) is 1.10. The van der Waals surface area contributed by atoms with E-state index in [0.717, 1.165) is 0 Å². The molecule has 0 aliphatic heterocycles. The van der Waals surface area contributed by atoms with E-state index in [0.29, 0.717) is 5.56 Å². The van der Waals surface area contributed by atoms with Gasteiger partial charge < -0.3 is 10.8 Å². The summed E-state index contributed by atoms with van der Waals surface area (Å²) in [6.07, 6.45) is 0. The van der Waals surface area contributed by atoms with Crippen molar-refractivity contribution in [1.82, 2.24) is 0 Å². The maximum absolute atomic E-state index is 13.1. The van der Waals surface area contributed by atoms with Crippen LogP contribution in [0.5, 0.6) is 0 Å². The van der Waals surface area contributed by atoms with E-state index >= 15 is 0 Å². The topological polar surface area (TPSA) is 63.3 Å². The maximum Gasteiger partial charge on any atom is 0.337 e. The summed E-state index contributed by atoms with van der Waals surface area (Å²) >= 11 is 5.51. The van der Waals surface area contributed by atoms with Gasteiger partial charge in [0.25, 0.3) is 0 Å². The van der Waals surface area contributed by atoms with Gasteiger partial charge in [0.15, 0.2) is 5.82 Å². The van der Waals surface area contributed by atoms with E-state index in [4.69, 9.17) is 22.4 Å². The van der Waals surface area contributed by atoms with Gasteiger partial charge in [0.2, 0.25) is 0 Å². The average Bonchev–Trinajstić information content (AvgIpc) is 2.07. The SMILES string of the molecule is Cc1cc(C(=O)O)c(N)c(F)c1Cl. The maximum atomic E-state index is 13.1. The van der Waals surface area contributed by atoms with E-state index in [2.05, 4.69) is 0 Å². The summed E-state index contributed by atoms with van der Waals surface area (Å²) in [7, 11) is 0. The molecule has 3 nitrogen and oxygen atoms in total. The van der Waals surface area contributed by atoms with Crippen molar-refractivity contribution in [1.29, 1.82) is 0 Å². The van der Waals surface area contributed by atoms with Crippen molar-refractivity contribution in [3.63, 3.8) is 0 Å². The molecule has 0 aliphatic rings. The van der Waals surface area contributed by atoms with Crippen LogP contribution in [0.4, 0.5) is 10.1 Å². The van der Waals surface area contributed by atoms with Crippen LogP contribution in [0, 0.1) is 12.7 Å². The number of aromatic carboxylic acids is 1. The Labute approximate surface area is 78.9 Å². The first-order valence-corrected chi connectivity index (χ1v) is 3.80. The Morgan fingerprint density at radius 3 is 2.69 bits per heavy atom. The third-order valence-electron chi connectivity index (χ3n) is 1.66. The molecule has 0 unspecified atom stereocenters. The molecule has 0 aliphatic carbocycles. The lowest BCUT2D eigenvalue weighted by Gasteiger charge is -2.06. The summed E-state index contributed by atoms with van der Waals surface area (Å²) in [5.74, 6) is -2.14. The standard InChI is InChI=1S/C8H7ClFNO2/c1-3-2-4(8(12)13)7(11)6(10)5(3)9/h2H,11H2,1H3,(H,12,13). The number of carboxylic acid groups (broad SMARTS) is 1. The van der Waals surface area contributed by atoms with Gasteiger partial charge in [-0.3, -0.25) is 0 Å². The Morgan fingerprint density at radius 2 is 2.23 bits per heavy atom.